The Hall–Kier alpha value is -1.69. The fourth-order valence-corrected chi connectivity index (χ4v) is 5.69. The zero-order valence-electron chi connectivity index (χ0n) is 16.5. The van der Waals surface area contributed by atoms with Crippen LogP contribution in [0.5, 0.6) is 0 Å². The van der Waals surface area contributed by atoms with E-state index in [0.717, 1.165) is 15.1 Å². The summed E-state index contributed by atoms with van der Waals surface area (Å²) in [6, 6.07) is 5.88. The van der Waals surface area contributed by atoms with Crippen LogP contribution < -0.4 is 4.80 Å². The maximum absolute atomic E-state index is 12.8. The van der Waals surface area contributed by atoms with Gasteiger partial charge in [-0.05, 0) is 37.3 Å². The molecule has 0 spiro atoms. The first kappa shape index (κ1) is 22.0. The highest BCUT2D eigenvalue weighted by atomic mass is 32.2. The lowest BCUT2D eigenvalue weighted by molar-refractivity contribution is -0.141. The molecule has 1 saturated heterocycles. The second-order valence-electron chi connectivity index (χ2n) is 6.77. The van der Waals surface area contributed by atoms with Crippen molar-refractivity contribution in [2.75, 3.05) is 32.7 Å². The van der Waals surface area contributed by atoms with E-state index in [-0.39, 0.29) is 18.4 Å². The van der Waals surface area contributed by atoms with Crippen molar-refractivity contribution >= 4 is 55.2 Å². The van der Waals surface area contributed by atoms with Crippen molar-refractivity contribution in [1.82, 2.24) is 8.87 Å². The molecule has 0 bridgehead atoms. The summed E-state index contributed by atoms with van der Waals surface area (Å²) >= 11 is 2.96. The van der Waals surface area contributed by atoms with Crippen molar-refractivity contribution in [3.8, 4) is 0 Å². The largest absolute Gasteiger partial charge is 0.468 e. The average molecular weight is 458 g/mol. The van der Waals surface area contributed by atoms with Crippen LogP contribution in [0.25, 0.3) is 10.2 Å². The lowest BCUT2D eigenvalue weighted by Gasteiger charge is -2.28. The molecular weight excluding hydrogens is 434 g/mol. The second kappa shape index (κ2) is 8.99. The van der Waals surface area contributed by atoms with E-state index in [4.69, 9.17) is 4.74 Å². The van der Waals surface area contributed by atoms with Crippen molar-refractivity contribution in [3.63, 3.8) is 0 Å². The van der Waals surface area contributed by atoms with Gasteiger partial charge in [-0.1, -0.05) is 11.3 Å². The number of thioether (sulfide) groups is 1. The van der Waals surface area contributed by atoms with Crippen LogP contribution >= 0.6 is 23.1 Å². The number of benzene rings is 1. The van der Waals surface area contributed by atoms with Gasteiger partial charge in [0.1, 0.15) is 6.54 Å². The number of carbonyl (C=O) groups excluding carboxylic acids is 2. The van der Waals surface area contributed by atoms with Crippen LogP contribution in [0, 0.1) is 5.92 Å². The summed E-state index contributed by atoms with van der Waals surface area (Å²) in [5.74, 6) is -1.03. The van der Waals surface area contributed by atoms with Crippen LogP contribution in [0.2, 0.25) is 0 Å². The molecule has 0 radical (unpaired) electrons. The molecule has 1 fully saturated rings. The molecule has 0 N–H and O–H groups in total. The zero-order chi connectivity index (χ0) is 21.2. The molecule has 8 nitrogen and oxygen atoms in total. The third-order valence-corrected chi connectivity index (χ3v) is 7.95. The Morgan fingerprint density at radius 3 is 2.59 bits per heavy atom. The third kappa shape index (κ3) is 5.08. The summed E-state index contributed by atoms with van der Waals surface area (Å²) in [5, 5.41) is 0. The molecule has 11 heteroatoms. The zero-order valence-corrected chi connectivity index (χ0v) is 18.9. The van der Waals surface area contributed by atoms with Gasteiger partial charge in [-0.25, -0.2) is 12.7 Å². The first-order valence-corrected chi connectivity index (χ1v) is 12.9. The molecule has 0 aliphatic carbocycles. The maximum Gasteiger partial charge on any atom is 0.325 e. The van der Waals surface area contributed by atoms with Crippen LogP contribution in [0.3, 0.4) is 0 Å². The standard InChI is InChI=1S/C18H23N3O5S3/c1-26-16(22)11-21-14-5-4-13(27-2)10-15(14)28-18(21)19-17(23)12-6-8-20(9-7-12)29(3,24)25/h4-5,10,12H,6-9,11H2,1-3H3. The molecule has 1 aliphatic rings. The molecule has 158 valence electrons. The van der Waals surface area contributed by atoms with E-state index >= 15 is 0 Å². The molecular formula is C18H23N3O5S3. The number of fused-ring (bicyclic) bond motifs is 1. The van der Waals surface area contributed by atoms with Crippen molar-refractivity contribution in [3.05, 3.63) is 23.0 Å². The predicted molar refractivity (Wildman–Crippen MR) is 113 cm³/mol. The lowest BCUT2D eigenvalue weighted by atomic mass is 9.98. The number of rotatable bonds is 5. The van der Waals surface area contributed by atoms with E-state index < -0.39 is 16.0 Å². The molecule has 29 heavy (non-hydrogen) atoms. The number of hydrogen-bond donors (Lipinski definition) is 0. The molecule has 1 aromatic carbocycles. The van der Waals surface area contributed by atoms with Gasteiger partial charge in [0, 0.05) is 23.9 Å². The second-order valence-corrected chi connectivity index (χ2v) is 10.6. The Balaban J connectivity index is 1.93. The molecule has 1 aromatic heterocycles. The highest BCUT2D eigenvalue weighted by molar-refractivity contribution is 7.98. The van der Waals surface area contributed by atoms with Crippen LogP contribution in [0.1, 0.15) is 12.8 Å². The Morgan fingerprint density at radius 2 is 2.00 bits per heavy atom. The fraction of sp³-hybridized carbons (Fsp3) is 0.500. The molecule has 2 aromatic rings. The quantitative estimate of drug-likeness (QED) is 0.501. The number of piperidine rings is 1. The maximum atomic E-state index is 12.8. The fourth-order valence-electron chi connectivity index (χ4n) is 3.23. The molecule has 0 unspecified atom stereocenters. The summed E-state index contributed by atoms with van der Waals surface area (Å²) in [6.07, 6.45) is 4.03. The summed E-state index contributed by atoms with van der Waals surface area (Å²) in [5.41, 5.74) is 0.816. The number of hydrogen-bond acceptors (Lipinski definition) is 7. The van der Waals surface area contributed by atoms with Crippen molar-refractivity contribution in [1.29, 1.82) is 0 Å². The van der Waals surface area contributed by atoms with Gasteiger partial charge in [0.05, 0.1) is 23.6 Å². The van der Waals surface area contributed by atoms with Gasteiger partial charge in [-0.15, -0.1) is 11.8 Å². The Bertz CT molecular complexity index is 1100. The Labute approximate surface area is 177 Å². The van der Waals surface area contributed by atoms with Gasteiger partial charge in [0.15, 0.2) is 4.80 Å². The van der Waals surface area contributed by atoms with Crippen molar-refractivity contribution in [2.24, 2.45) is 10.9 Å². The SMILES string of the molecule is COC(=O)Cn1c(=NC(=O)C2CCN(S(C)(=O)=O)CC2)sc2cc(SC)ccc21. The first-order chi connectivity index (χ1) is 13.7. The smallest absolute Gasteiger partial charge is 0.325 e. The highest BCUT2D eigenvalue weighted by Crippen LogP contribution is 2.25. The van der Waals surface area contributed by atoms with Gasteiger partial charge in [-0.2, -0.15) is 4.99 Å². The van der Waals surface area contributed by atoms with Gasteiger partial charge in [0.25, 0.3) is 5.91 Å². The molecule has 0 saturated carbocycles. The van der Waals surface area contributed by atoms with Crippen molar-refractivity contribution < 1.29 is 22.7 Å². The van der Waals surface area contributed by atoms with Crippen LogP contribution in [-0.4, -0.2) is 61.9 Å². The number of sulfonamides is 1. The van der Waals surface area contributed by atoms with E-state index in [1.807, 2.05) is 24.5 Å². The van der Waals surface area contributed by atoms with E-state index in [1.165, 1.54) is 29.0 Å². The van der Waals surface area contributed by atoms with E-state index in [0.29, 0.717) is 30.7 Å². The number of thiazole rings is 1. The number of ether oxygens (including phenoxy) is 1. The van der Waals surface area contributed by atoms with Gasteiger partial charge < -0.3 is 9.30 Å². The Morgan fingerprint density at radius 1 is 1.31 bits per heavy atom. The van der Waals surface area contributed by atoms with E-state index in [9.17, 15) is 18.0 Å². The Kier molecular flexibility index (Phi) is 6.82. The number of methoxy groups -OCH3 is 1. The molecule has 1 amide bonds. The van der Waals surface area contributed by atoms with Crippen molar-refractivity contribution in [2.45, 2.75) is 24.3 Å². The van der Waals surface area contributed by atoms with Gasteiger partial charge in [-0.3, -0.25) is 9.59 Å². The van der Waals surface area contributed by atoms with E-state index in [1.54, 1.807) is 16.3 Å². The number of nitrogens with zero attached hydrogens (tertiary/aromatic N) is 3. The average Bonchev–Trinajstić information content (AvgIpc) is 3.03. The number of esters is 1. The van der Waals surface area contributed by atoms with E-state index in [2.05, 4.69) is 4.99 Å². The minimum Gasteiger partial charge on any atom is -0.468 e. The summed E-state index contributed by atoms with van der Waals surface area (Å²) in [4.78, 5) is 30.5. The summed E-state index contributed by atoms with van der Waals surface area (Å²) in [7, 11) is -1.92. The number of aromatic nitrogens is 1. The van der Waals surface area contributed by atoms with Gasteiger partial charge in [0.2, 0.25) is 10.0 Å². The van der Waals surface area contributed by atoms with Crippen LogP contribution in [0.15, 0.2) is 28.1 Å². The minimum absolute atomic E-state index is 0.0340. The topological polar surface area (TPSA) is 98.0 Å². The number of carbonyl (C=O) groups is 2. The summed E-state index contributed by atoms with van der Waals surface area (Å²) in [6.45, 7) is 0.598. The van der Waals surface area contributed by atoms with Crippen LogP contribution in [0.4, 0.5) is 0 Å². The van der Waals surface area contributed by atoms with Gasteiger partial charge >= 0.3 is 5.97 Å². The normalized spacial score (nSPS) is 17.0. The lowest BCUT2D eigenvalue weighted by Crippen LogP contribution is -2.39. The molecule has 2 heterocycles. The molecule has 3 rings (SSSR count). The monoisotopic (exact) mass is 457 g/mol. The highest BCUT2D eigenvalue weighted by Gasteiger charge is 2.29. The predicted octanol–water partition coefficient (Wildman–Crippen LogP) is 1.70. The summed E-state index contributed by atoms with van der Waals surface area (Å²) < 4.78 is 32.1. The number of amides is 1. The molecule has 0 atom stereocenters. The third-order valence-electron chi connectivity index (χ3n) is 4.88. The minimum atomic E-state index is -3.25. The molecule has 1 aliphatic heterocycles. The first-order valence-electron chi connectivity index (χ1n) is 9.01. The van der Waals surface area contributed by atoms with Crippen LogP contribution in [-0.2, 0) is 30.9 Å².